The highest BCUT2D eigenvalue weighted by Crippen LogP contribution is 2.34. The largest absolute Gasteiger partial charge is 0.436 e. The molecule has 10 aromatic rings. The number of nitrogen functional groups attached to an aromatic ring is 2. The van der Waals surface area contributed by atoms with Crippen LogP contribution in [0.15, 0.2) is 201 Å². The van der Waals surface area contributed by atoms with Crippen LogP contribution in [0.5, 0.6) is 0 Å². The maximum atomic E-state index is 12.2. The number of nitrogens with two attached hydrogens (primary N) is 2. The maximum Gasteiger partial charge on any atom is 0.255 e. The number of amides is 1. The monoisotopic (exact) mass is 1450 g/mol. The molecular formula is C68H69Br5ClN5O4. The summed E-state index contributed by atoms with van der Waals surface area (Å²) in [6, 6.07) is 54.2. The summed E-state index contributed by atoms with van der Waals surface area (Å²) in [5.74, 6) is 1.18. The first kappa shape index (κ1) is 66.3. The van der Waals surface area contributed by atoms with Crippen molar-refractivity contribution in [1.29, 1.82) is 0 Å². The van der Waals surface area contributed by atoms with Crippen molar-refractivity contribution < 1.29 is 18.4 Å². The van der Waals surface area contributed by atoms with Crippen LogP contribution in [0.2, 0.25) is 0 Å². The molecule has 0 bridgehead atoms. The average Bonchev–Trinajstić information content (AvgIpc) is 4.26. The first-order chi connectivity index (χ1) is 38.7. The number of hydrogen-bond donors (Lipinski definition) is 3. The van der Waals surface area contributed by atoms with Gasteiger partial charge in [-0.05, 0) is 233 Å². The number of nitrogens with zero attached hydrogens (tertiary/aromatic N) is 2. The van der Waals surface area contributed by atoms with Crippen LogP contribution in [0.4, 0.5) is 17.1 Å². The molecule has 2 aromatic heterocycles. The highest BCUT2D eigenvalue weighted by Gasteiger charge is 2.20. The number of hydrogen-bond acceptors (Lipinski definition) is 8. The van der Waals surface area contributed by atoms with E-state index < -0.39 is 5.24 Å². The SMILES string of the molecule is CC(C)(C)c1ccc(N)c(Br)c1.CC(C)(C)c1ccc(NC(=O)c2ccc(Br)cc2)c(Br)c1.CC(C)(C)c1ccc2nc(-c3ccc(Br)cc3)oc2c1.CC(C)(C)c1ccc2nc(-c3ccc(N)cc3)oc2c1.O=C(Cl)c1ccc(Br)cc1. The topological polar surface area (TPSA) is 150 Å². The van der Waals surface area contributed by atoms with Crippen LogP contribution in [0.1, 0.15) is 126 Å². The molecule has 0 aliphatic carbocycles. The Morgan fingerprint density at radius 3 is 1.17 bits per heavy atom. The molecule has 0 saturated carbocycles. The minimum atomic E-state index is -0.424. The standard InChI is InChI=1S/C17H17Br2NO.C17H16BrNO.C17H18N2O.C10H14BrN.C7H4BrClO/c1-17(2,3)12-6-9-15(14(19)10-12)20-16(21)11-4-7-13(18)8-5-11;2*1-17(2,3)12-6-9-14-15(10-12)20-16(19-14)11-4-7-13(18)8-5-11;1-10(2,3)7-4-5-9(12)8(11)6-7;8-6-3-1-5(2-4-6)7(9)10/h4-10H,1-3H3,(H,20,21);4-10H,1-3H3;4-10H,18H2,1-3H3;4-6H,12H2,1-3H3;1-4H. The van der Waals surface area contributed by atoms with Crippen LogP contribution in [-0.2, 0) is 21.7 Å². The van der Waals surface area contributed by atoms with E-state index in [-0.39, 0.29) is 27.6 Å². The number of nitrogens with one attached hydrogen (secondary N) is 1. The van der Waals surface area contributed by atoms with Gasteiger partial charge in [-0.15, -0.1) is 0 Å². The fourth-order valence-electron chi connectivity index (χ4n) is 7.70. The van der Waals surface area contributed by atoms with Crippen molar-refractivity contribution in [1.82, 2.24) is 9.97 Å². The van der Waals surface area contributed by atoms with Crippen molar-refractivity contribution in [3.05, 3.63) is 226 Å². The minimum absolute atomic E-state index is 0.0801. The number of carbonyl (C=O) groups is 2. The third kappa shape index (κ3) is 19.6. The van der Waals surface area contributed by atoms with Gasteiger partial charge in [-0.2, -0.15) is 0 Å². The van der Waals surface area contributed by atoms with Gasteiger partial charge in [-0.1, -0.05) is 155 Å². The summed E-state index contributed by atoms with van der Waals surface area (Å²) in [5, 5.41) is 2.50. The van der Waals surface area contributed by atoms with Gasteiger partial charge in [0.05, 0.1) is 5.69 Å². The molecule has 0 saturated heterocycles. The van der Waals surface area contributed by atoms with Gasteiger partial charge in [0.2, 0.25) is 11.8 Å². The van der Waals surface area contributed by atoms with Gasteiger partial charge in [0.1, 0.15) is 11.0 Å². The smallest absolute Gasteiger partial charge is 0.255 e. The zero-order valence-electron chi connectivity index (χ0n) is 48.6. The van der Waals surface area contributed by atoms with E-state index in [1.54, 1.807) is 36.4 Å². The van der Waals surface area contributed by atoms with E-state index in [4.69, 9.17) is 31.9 Å². The van der Waals surface area contributed by atoms with Crippen molar-refractivity contribution in [2.45, 2.75) is 105 Å². The van der Waals surface area contributed by atoms with Gasteiger partial charge >= 0.3 is 0 Å². The van der Waals surface area contributed by atoms with Crippen LogP contribution in [-0.4, -0.2) is 21.1 Å². The Kier molecular flexibility index (Phi) is 22.6. The van der Waals surface area contributed by atoms with Gasteiger partial charge in [0, 0.05) is 56.0 Å². The number of anilines is 3. The molecule has 8 aromatic carbocycles. The van der Waals surface area contributed by atoms with E-state index in [2.05, 4.69) is 220 Å². The highest BCUT2D eigenvalue weighted by atomic mass is 79.9. The quantitative estimate of drug-likeness (QED) is 0.114. The lowest BCUT2D eigenvalue weighted by atomic mass is 9.87. The Balaban J connectivity index is 0.000000171. The Morgan fingerprint density at radius 2 is 0.783 bits per heavy atom. The molecule has 5 N–H and O–H groups in total. The molecule has 0 atom stereocenters. The molecule has 0 aliphatic rings. The van der Waals surface area contributed by atoms with Crippen molar-refractivity contribution >= 4 is 142 Å². The minimum Gasteiger partial charge on any atom is -0.436 e. The van der Waals surface area contributed by atoms with Crippen LogP contribution in [0.3, 0.4) is 0 Å². The number of carbonyl (C=O) groups excluding carboxylic acids is 2. The molecule has 0 spiro atoms. The lowest BCUT2D eigenvalue weighted by Crippen LogP contribution is -2.14. The summed E-state index contributed by atoms with van der Waals surface area (Å²) in [5.41, 5.74) is 25.7. The van der Waals surface area contributed by atoms with Crippen LogP contribution in [0.25, 0.3) is 45.1 Å². The van der Waals surface area contributed by atoms with Gasteiger partial charge in [-0.25, -0.2) is 9.97 Å². The third-order valence-corrected chi connectivity index (χ3v) is 16.0. The molecule has 2 heterocycles. The number of aromatic nitrogens is 2. The lowest BCUT2D eigenvalue weighted by molar-refractivity contribution is 0.102. The van der Waals surface area contributed by atoms with E-state index in [1.807, 2.05) is 91.0 Å². The fourth-order valence-corrected chi connectivity index (χ4v) is 9.48. The molecule has 432 valence electrons. The molecule has 9 nitrogen and oxygen atoms in total. The number of rotatable bonds is 5. The lowest BCUT2D eigenvalue weighted by Gasteiger charge is -2.20. The van der Waals surface area contributed by atoms with Crippen molar-refractivity contribution in [3.63, 3.8) is 0 Å². The molecule has 0 unspecified atom stereocenters. The Morgan fingerprint density at radius 1 is 0.434 bits per heavy atom. The van der Waals surface area contributed by atoms with E-state index in [9.17, 15) is 9.59 Å². The van der Waals surface area contributed by atoms with Gasteiger partial charge < -0.3 is 25.6 Å². The summed E-state index contributed by atoms with van der Waals surface area (Å²) in [6.07, 6.45) is 0. The molecule has 15 heteroatoms. The second kappa shape index (κ2) is 28.3. The molecule has 0 aliphatic heterocycles. The van der Waals surface area contributed by atoms with Crippen molar-refractivity contribution in [2.75, 3.05) is 16.8 Å². The number of fused-ring (bicyclic) bond motifs is 2. The zero-order chi connectivity index (χ0) is 61.2. The predicted octanol–water partition coefficient (Wildman–Crippen LogP) is 21.8. The first-order valence-corrected chi connectivity index (χ1v) is 30.9. The summed E-state index contributed by atoms with van der Waals surface area (Å²) in [7, 11) is 0. The van der Waals surface area contributed by atoms with E-state index in [0.29, 0.717) is 22.9 Å². The maximum absolute atomic E-state index is 12.2. The molecular weight excluding hydrogens is 1390 g/mol. The summed E-state index contributed by atoms with van der Waals surface area (Å²) < 4.78 is 16.6. The molecule has 0 fully saturated rings. The van der Waals surface area contributed by atoms with Crippen LogP contribution >= 0.6 is 91.3 Å². The van der Waals surface area contributed by atoms with Crippen LogP contribution in [0, 0.1) is 0 Å². The molecule has 1 amide bonds. The van der Waals surface area contributed by atoms with Gasteiger partial charge in [0.15, 0.2) is 11.2 Å². The normalized spacial score (nSPS) is 11.4. The zero-order valence-corrected chi connectivity index (χ0v) is 57.3. The Hall–Kier alpha value is -5.87. The van der Waals surface area contributed by atoms with Crippen LogP contribution < -0.4 is 16.8 Å². The second-order valence-electron chi connectivity index (χ2n) is 23.7. The number of halogens is 6. The van der Waals surface area contributed by atoms with Gasteiger partial charge in [0.25, 0.3) is 11.1 Å². The molecule has 83 heavy (non-hydrogen) atoms. The van der Waals surface area contributed by atoms with E-state index in [1.165, 1.54) is 22.3 Å². The summed E-state index contributed by atoms with van der Waals surface area (Å²) >= 11 is 22.2. The second-order valence-corrected chi connectivity index (χ2v) is 28.5. The Labute approximate surface area is 535 Å². The van der Waals surface area contributed by atoms with Crippen molar-refractivity contribution in [2.24, 2.45) is 0 Å². The molecule has 0 radical (unpaired) electrons. The van der Waals surface area contributed by atoms with E-state index >= 15 is 0 Å². The average molecular weight is 1460 g/mol. The molecule has 10 rings (SSSR count). The third-order valence-electron chi connectivity index (χ3n) is 12.9. The highest BCUT2D eigenvalue weighted by molar-refractivity contribution is 9.11. The summed E-state index contributed by atoms with van der Waals surface area (Å²) in [4.78, 5) is 31.8. The number of benzene rings is 8. The number of oxazole rings is 2. The Bertz CT molecular complexity index is 3680. The summed E-state index contributed by atoms with van der Waals surface area (Å²) in [6.45, 7) is 26.2. The predicted molar refractivity (Wildman–Crippen MR) is 365 cm³/mol. The first-order valence-electron chi connectivity index (χ1n) is 26.6. The van der Waals surface area contributed by atoms with Crippen molar-refractivity contribution in [3.8, 4) is 22.9 Å². The fraction of sp³-hybridized carbons (Fsp3) is 0.235. The van der Waals surface area contributed by atoms with E-state index in [0.717, 1.165) is 72.8 Å². The van der Waals surface area contributed by atoms with Gasteiger partial charge in [-0.3, -0.25) is 9.59 Å².